The summed E-state index contributed by atoms with van der Waals surface area (Å²) in [6, 6.07) is 11.8. The highest BCUT2D eigenvalue weighted by Gasteiger charge is 2.34. The van der Waals surface area contributed by atoms with Crippen LogP contribution in [0.15, 0.2) is 42.5 Å². The maximum atomic E-state index is 13.2. The third kappa shape index (κ3) is 4.72. The molecule has 2 N–H and O–H groups in total. The zero-order chi connectivity index (χ0) is 17.8. The van der Waals surface area contributed by atoms with Gasteiger partial charge in [-0.05, 0) is 47.9 Å². The molecule has 0 radical (unpaired) electrons. The van der Waals surface area contributed by atoms with Crippen LogP contribution >= 0.6 is 23.2 Å². The van der Waals surface area contributed by atoms with Crippen LogP contribution < -0.4 is 10.6 Å². The topological polar surface area (TPSA) is 41.1 Å². The molecule has 2 atom stereocenters. The Labute approximate surface area is 156 Å². The number of hydrogen-bond acceptors (Lipinski definition) is 2. The summed E-state index contributed by atoms with van der Waals surface area (Å²) in [6.45, 7) is 1.79. The molecule has 1 aliphatic rings. The molecule has 3 rings (SSSR count). The molecule has 25 heavy (non-hydrogen) atoms. The quantitative estimate of drug-likeness (QED) is 0.828. The Kier molecular flexibility index (Phi) is 5.94. The van der Waals surface area contributed by atoms with Gasteiger partial charge in [0.2, 0.25) is 5.91 Å². The summed E-state index contributed by atoms with van der Waals surface area (Å²) < 4.78 is 13.2. The molecule has 0 spiro atoms. The number of hydrogen-bond donors (Lipinski definition) is 2. The summed E-state index contributed by atoms with van der Waals surface area (Å²) >= 11 is 12.2. The molecule has 1 heterocycles. The fourth-order valence-electron chi connectivity index (χ4n) is 3.25. The first kappa shape index (κ1) is 18.2. The molecular formula is C19H19Cl2FN2O. The van der Waals surface area contributed by atoms with Crippen molar-refractivity contribution in [3.63, 3.8) is 0 Å². The van der Waals surface area contributed by atoms with Crippen molar-refractivity contribution in [2.45, 2.75) is 12.3 Å². The van der Waals surface area contributed by atoms with Gasteiger partial charge in [0.15, 0.2) is 0 Å². The molecule has 2 aromatic carbocycles. The molecule has 0 aliphatic carbocycles. The van der Waals surface area contributed by atoms with Crippen LogP contribution in [0.4, 0.5) is 4.39 Å². The van der Waals surface area contributed by atoms with E-state index in [4.69, 9.17) is 23.2 Å². The largest absolute Gasteiger partial charge is 0.355 e. The molecule has 0 saturated carbocycles. The van der Waals surface area contributed by atoms with E-state index in [0.717, 1.165) is 11.1 Å². The van der Waals surface area contributed by atoms with Gasteiger partial charge in [0.1, 0.15) is 5.82 Å². The number of amides is 1. The normalized spacial score (nSPS) is 19.8. The summed E-state index contributed by atoms with van der Waals surface area (Å²) in [7, 11) is 0. The van der Waals surface area contributed by atoms with Crippen molar-refractivity contribution in [3.8, 4) is 0 Å². The summed E-state index contributed by atoms with van der Waals surface area (Å²) in [6.07, 6.45) is 0.595. The second kappa shape index (κ2) is 8.17. The standard InChI is InChI=1S/C19H19Cl2FN2O/c20-14-7-13(8-15(21)9-14)17-10-23-11-18(17)19(25)24-5-4-12-2-1-3-16(22)6-12/h1-3,6-9,17-18,23H,4-5,10-11H2,(H,24,25)/t17-,18+/m0/s1. The third-order valence-corrected chi connectivity index (χ3v) is 4.90. The fourth-order valence-corrected chi connectivity index (χ4v) is 3.79. The number of nitrogens with one attached hydrogen (secondary N) is 2. The maximum absolute atomic E-state index is 13.2. The van der Waals surface area contributed by atoms with E-state index in [1.807, 2.05) is 18.2 Å². The van der Waals surface area contributed by atoms with Crippen LogP contribution in [0.25, 0.3) is 0 Å². The van der Waals surface area contributed by atoms with E-state index in [1.165, 1.54) is 12.1 Å². The van der Waals surface area contributed by atoms with Crippen LogP contribution in [0.1, 0.15) is 17.0 Å². The van der Waals surface area contributed by atoms with Crippen molar-refractivity contribution in [2.24, 2.45) is 5.92 Å². The highest BCUT2D eigenvalue weighted by molar-refractivity contribution is 6.34. The zero-order valence-corrected chi connectivity index (χ0v) is 15.1. The Morgan fingerprint density at radius 2 is 1.92 bits per heavy atom. The monoisotopic (exact) mass is 380 g/mol. The first-order valence-electron chi connectivity index (χ1n) is 8.22. The van der Waals surface area contributed by atoms with E-state index in [1.54, 1.807) is 12.1 Å². The van der Waals surface area contributed by atoms with Crippen molar-refractivity contribution < 1.29 is 9.18 Å². The molecule has 1 aliphatic heterocycles. The van der Waals surface area contributed by atoms with Gasteiger partial charge in [-0.1, -0.05) is 35.3 Å². The van der Waals surface area contributed by atoms with Crippen molar-refractivity contribution in [1.29, 1.82) is 0 Å². The number of rotatable bonds is 5. The zero-order valence-electron chi connectivity index (χ0n) is 13.6. The molecule has 6 heteroatoms. The van der Waals surface area contributed by atoms with Gasteiger partial charge in [0.25, 0.3) is 0 Å². The second-order valence-electron chi connectivity index (χ2n) is 6.24. The average Bonchev–Trinajstić information content (AvgIpc) is 3.03. The predicted octanol–water partition coefficient (Wildman–Crippen LogP) is 3.79. The van der Waals surface area contributed by atoms with E-state index >= 15 is 0 Å². The third-order valence-electron chi connectivity index (χ3n) is 4.47. The van der Waals surface area contributed by atoms with E-state index in [0.29, 0.717) is 36.1 Å². The molecule has 3 nitrogen and oxygen atoms in total. The number of carbonyl (C=O) groups is 1. The van der Waals surface area contributed by atoms with Crippen molar-refractivity contribution in [1.82, 2.24) is 10.6 Å². The minimum atomic E-state index is -0.262. The first-order valence-corrected chi connectivity index (χ1v) is 8.97. The van der Waals surface area contributed by atoms with Crippen molar-refractivity contribution in [2.75, 3.05) is 19.6 Å². The molecule has 1 amide bonds. The van der Waals surface area contributed by atoms with E-state index in [2.05, 4.69) is 10.6 Å². The van der Waals surface area contributed by atoms with Gasteiger partial charge in [0.05, 0.1) is 5.92 Å². The number of halogens is 3. The predicted molar refractivity (Wildman–Crippen MR) is 98.7 cm³/mol. The molecule has 0 bridgehead atoms. The summed E-state index contributed by atoms with van der Waals surface area (Å²) in [5.41, 5.74) is 1.83. The van der Waals surface area contributed by atoms with Gasteiger partial charge >= 0.3 is 0 Å². The average molecular weight is 381 g/mol. The Hall–Kier alpha value is -1.62. The Balaban J connectivity index is 1.60. The Bertz CT molecular complexity index is 749. The number of carbonyl (C=O) groups excluding carboxylic acids is 1. The number of benzene rings is 2. The van der Waals surface area contributed by atoms with Gasteiger partial charge in [0, 0.05) is 35.6 Å². The van der Waals surface area contributed by atoms with Gasteiger partial charge in [-0.15, -0.1) is 0 Å². The van der Waals surface area contributed by atoms with Gasteiger partial charge < -0.3 is 10.6 Å². The summed E-state index contributed by atoms with van der Waals surface area (Å²) in [5, 5.41) is 7.35. The van der Waals surface area contributed by atoms with E-state index in [-0.39, 0.29) is 23.6 Å². The van der Waals surface area contributed by atoms with Crippen LogP contribution in [-0.2, 0) is 11.2 Å². The van der Waals surface area contributed by atoms with Crippen LogP contribution in [0, 0.1) is 11.7 Å². The molecule has 0 aromatic heterocycles. The lowest BCUT2D eigenvalue weighted by molar-refractivity contribution is -0.124. The fraction of sp³-hybridized carbons (Fsp3) is 0.316. The second-order valence-corrected chi connectivity index (χ2v) is 7.12. The van der Waals surface area contributed by atoms with Crippen molar-refractivity contribution >= 4 is 29.1 Å². The molecular weight excluding hydrogens is 362 g/mol. The molecule has 2 aromatic rings. The van der Waals surface area contributed by atoms with Gasteiger partial charge in [-0.2, -0.15) is 0 Å². The summed E-state index contributed by atoms with van der Waals surface area (Å²) in [5.74, 6) is -0.420. The molecule has 0 unspecified atom stereocenters. The summed E-state index contributed by atoms with van der Waals surface area (Å²) in [4.78, 5) is 12.6. The van der Waals surface area contributed by atoms with Crippen LogP contribution in [0.5, 0.6) is 0 Å². The van der Waals surface area contributed by atoms with Crippen LogP contribution in [0.3, 0.4) is 0 Å². The highest BCUT2D eigenvalue weighted by Crippen LogP contribution is 2.32. The Morgan fingerprint density at radius 1 is 1.16 bits per heavy atom. The van der Waals surface area contributed by atoms with Gasteiger partial charge in [-0.25, -0.2) is 4.39 Å². The van der Waals surface area contributed by atoms with Crippen molar-refractivity contribution in [3.05, 3.63) is 69.5 Å². The van der Waals surface area contributed by atoms with Crippen LogP contribution in [-0.4, -0.2) is 25.5 Å². The smallest absolute Gasteiger partial charge is 0.225 e. The lowest BCUT2D eigenvalue weighted by atomic mass is 9.88. The Morgan fingerprint density at radius 3 is 2.64 bits per heavy atom. The van der Waals surface area contributed by atoms with Gasteiger partial charge in [-0.3, -0.25) is 4.79 Å². The maximum Gasteiger partial charge on any atom is 0.225 e. The lowest BCUT2D eigenvalue weighted by Crippen LogP contribution is -2.35. The molecule has 1 fully saturated rings. The highest BCUT2D eigenvalue weighted by atomic mass is 35.5. The molecule has 1 saturated heterocycles. The SMILES string of the molecule is O=C(NCCc1cccc(F)c1)[C@@H]1CNC[C@H]1c1cc(Cl)cc(Cl)c1. The molecule has 132 valence electrons. The van der Waals surface area contributed by atoms with E-state index in [9.17, 15) is 9.18 Å². The van der Waals surface area contributed by atoms with E-state index < -0.39 is 0 Å². The lowest BCUT2D eigenvalue weighted by Gasteiger charge is -2.19. The van der Waals surface area contributed by atoms with Crippen LogP contribution in [0.2, 0.25) is 10.0 Å². The minimum Gasteiger partial charge on any atom is -0.355 e. The minimum absolute atomic E-state index is 0.0116. The first-order chi connectivity index (χ1) is 12.0.